The van der Waals surface area contributed by atoms with Crippen molar-refractivity contribution < 1.29 is 9.53 Å². The maximum absolute atomic E-state index is 11.4. The van der Waals surface area contributed by atoms with Crippen molar-refractivity contribution >= 4 is 17.5 Å². The number of amides is 1. The standard InChI is InChI=1S/C13H15ClN2O2/c1-9(2)7-16-13(17)8-18-11-4-3-10(6-15)12(14)5-11/h3-5,9H,7-8H2,1-2H3,(H,16,17). The Labute approximate surface area is 112 Å². The predicted molar refractivity (Wildman–Crippen MR) is 69.5 cm³/mol. The van der Waals surface area contributed by atoms with Crippen molar-refractivity contribution in [3.63, 3.8) is 0 Å². The Bertz CT molecular complexity index is 467. The zero-order chi connectivity index (χ0) is 13.5. The molecule has 0 aliphatic rings. The summed E-state index contributed by atoms with van der Waals surface area (Å²) in [5.74, 6) is 0.696. The second-order valence-electron chi connectivity index (χ2n) is 4.24. The van der Waals surface area contributed by atoms with Gasteiger partial charge in [-0.2, -0.15) is 5.26 Å². The molecule has 1 rings (SSSR count). The first kappa shape index (κ1) is 14.3. The van der Waals surface area contributed by atoms with Gasteiger partial charge in [-0.3, -0.25) is 4.79 Å². The van der Waals surface area contributed by atoms with Crippen LogP contribution >= 0.6 is 11.6 Å². The van der Waals surface area contributed by atoms with Crippen molar-refractivity contribution in [2.24, 2.45) is 5.92 Å². The number of benzene rings is 1. The number of hydrogen-bond donors (Lipinski definition) is 1. The van der Waals surface area contributed by atoms with E-state index in [4.69, 9.17) is 21.6 Å². The maximum Gasteiger partial charge on any atom is 0.257 e. The van der Waals surface area contributed by atoms with Gasteiger partial charge >= 0.3 is 0 Å². The van der Waals surface area contributed by atoms with Crippen LogP contribution in [0.3, 0.4) is 0 Å². The first-order valence-electron chi connectivity index (χ1n) is 5.62. The van der Waals surface area contributed by atoms with Gasteiger partial charge in [-0.1, -0.05) is 25.4 Å². The lowest BCUT2D eigenvalue weighted by atomic mass is 10.2. The van der Waals surface area contributed by atoms with E-state index in [-0.39, 0.29) is 12.5 Å². The zero-order valence-corrected chi connectivity index (χ0v) is 11.1. The van der Waals surface area contributed by atoms with Gasteiger partial charge in [0.05, 0.1) is 10.6 Å². The Morgan fingerprint density at radius 1 is 1.56 bits per heavy atom. The molecule has 0 saturated carbocycles. The molecule has 0 saturated heterocycles. The third-order valence-electron chi connectivity index (χ3n) is 2.14. The van der Waals surface area contributed by atoms with Crippen LogP contribution in [0.15, 0.2) is 18.2 Å². The predicted octanol–water partition coefficient (Wildman–Crippen LogP) is 2.36. The number of carbonyl (C=O) groups is 1. The lowest BCUT2D eigenvalue weighted by Crippen LogP contribution is -2.31. The first-order valence-corrected chi connectivity index (χ1v) is 6.00. The Balaban J connectivity index is 2.47. The summed E-state index contributed by atoms with van der Waals surface area (Å²) in [6, 6.07) is 6.65. The van der Waals surface area contributed by atoms with Crippen molar-refractivity contribution in [1.82, 2.24) is 5.32 Å². The fraction of sp³-hybridized carbons (Fsp3) is 0.385. The number of halogens is 1. The fourth-order valence-electron chi connectivity index (χ4n) is 1.19. The number of hydrogen-bond acceptors (Lipinski definition) is 3. The molecule has 1 aromatic carbocycles. The highest BCUT2D eigenvalue weighted by atomic mass is 35.5. The van der Waals surface area contributed by atoms with Gasteiger partial charge in [-0.15, -0.1) is 0 Å². The molecule has 0 fully saturated rings. The molecule has 1 aromatic rings. The second-order valence-corrected chi connectivity index (χ2v) is 4.65. The molecule has 0 bridgehead atoms. The summed E-state index contributed by atoms with van der Waals surface area (Å²) in [6.45, 7) is 4.59. The summed E-state index contributed by atoms with van der Waals surface area (Å²) in [6.07, 6.45) is 0. The maximum atomic E-state index is 11.4. The van der Waals surface area contributed by atoms with Gasteiger partial charge < -0.3 is 10.1 Å². The van der Waals surface area contributed by atoms with Gasteiger partial charge in [0.15, 0.2) is 6.61 Å². The van der Waals surface area contributed by atoms with Gasteiger partial charge in [-0.25, -0.2) is 0 Å². The lowest BCUT2D eigenvalue weighted by Gasteiger charge is -2.09. The number of ether oxygens (including phenoxy) is 1. The van der Waals surface area contributed by atoms with Crippen LogP contribution in [-0.4, -0.2) is 19.1 Å². The van der Waals surface area contributed by atoms with Crippen molar-refractivity contribution in [3.8, 4) is 11.8 Å². The molecule has 0 radical (unpaired) electrons. The molecule has 18 heavy (non-hydrogen) atoms. The molecule has 5 heteroatoms. The van der Waals surface area contributed by atoms with Crippen LogP contribution in [0.2, 0.25) is 5.02 Å². The third-order valence-corrected chi connectivity index (χ3v) is 2.45. The fourth-order valence-corrected chi connectivity index (χ4v) is 1.41. The highest BCUT2D eigenvalue weighted by Crippen LogP contribution is 2.21. The highest BCUT2D eigenvalue weighted by molar-refractivity contribution is 6.31. The minimum atomic E-state index is -0.177. The number of nitrogens with one attached hydrogen (secondary N) is 1. The molecule has 1 N–H and O–H groups in total. The summed E-state index contributed by atoms with van der Waals surface area (Å²) in [5, 5.41) is 11.8. The Morgan fingerprint density at radius 2 is 2.28 bits per heavy atom. The van der Waals surface area contributed by atoms with Crippen LogP contribution in [-0.2, 0) is 4.79 Å². The third kappa shape index (κ3) is 4.64. The van der Waals surface area contributed by atoms with Crippen LogP contribution < -0.4 is 10.1 Å². The molecule has 0 aliphatic carbocycles. The van der Waals surface area contributed by atoms with Gasteiger partial charge in [0.25, 0.3) is 5.91 Å². The van der Waals surface area contributed by atoms with E-state index in [9.17, 15) is 4.79 Å². The lowest BCUT2D eigenvalue weighted by molar-refractivity contribution is -0.123. The van der Waals surface area contributed by atoms with Crippen molar-refractivity contribution in [1.29, 1.82) is 5.26 Å². The van der Waals surface area contributed by atoms with Crippen molar-refractivity contribution in [3.05, 3.63) is 28.8 Å². The largest absolute Gasteiger partial charge is 0.484 e. The zero-order valence-electron chi connectivity index (χ0n) is 10.4. The molecular weight excluding hydrogens is 252 g/mol. The minimum Gasteiger partial charge on any atom is -0.484 e. The number of carbonyl (C=O) groups excluding carboxylic acids is 1. The molecule has 4 nitrogen and oxygen atoms in total. The average Bonchev–Trinajstić information content (AvgIpc) is 2.34. The van der Waals surface area contributed by atoms with E-state index in [1.807, 2.05) is 19.9 Å². The number of rotatable bonds is 5. The van der Waals surface area contributed by atoms with Gasteiger partial charge in [0.2, 0.25) is 0 Å². The van der Waals surface area contributed by atoms with Gasteiger partial charge in [0, 0.05) is 12.6 Å². The molecule has 1 amide bonds. The normalized spacial score (nSPS) is 9.94. The van der Waals surface area contributed by atoms with E-state index in [0.29, 0.717) is 28.8 Å². The topological polar surface area (TPSA) is 62.1 Å². The molecule has 0 spiro atoms. The van der Waals surface area contributed by atoms with E-state index in [2.05, 4.69) is 5.32 Å². The number of nitriles is 1. The second kappa shape index (κ2) is 6.87. The Morgan fingerprint density at radius 3 is 2.83 bits per heavy atom. The SMILES string of the molecule is CC(C)CNC(=O)COc1ccc(C#N)c(Cl)c1. The van der Waals surface area contributed by atoms with E-state index < -0.39 is 0 Å². The highest BCUT2D eigenvalue weighted by Gasteiger charge is 2.05. The summed E-state index contributed by atoms with van der Waals surface area (Å²) in [7, 11) is 0. The van der Waals surface area contributed by atoms with Crippen LogP contribution in [0.25, 0.3) is 0 Å². The van der Waals surface area contributed by atoms with Crippen molar-refractivity contribution in [2.45, 2.75) is 13.8 Å². The molecule has 0 atom stereocenters. The number of nitrogens with zero attached hydrogens (tertiary/aromatic N) is 1. The van der Waals surface area contributed by atoms with Crippen LogP contribution in [0, 0.1) is 17.2 Å². The van der Waals surface area contributed by atoms with Crippen LogP contribution in [0.5, 0.6) is 5.75 Å². The Kier molecular flexibility index (Phi) is 5.47. The smallest absolute Gasteiger partial charge is 0.257 e. The monoisotopic (exact) mass is 266 g/mol. The molecule has 0 heterocycles. The van der Waals surface area contributed by atoms with Gasteiger partial charge in [0.1, 0.15) is 11.8 Å². The van der Waals surface area contributed by atoms with Crippen LogP contribution in [0.4, 0.5) is 0 Å². The molecular formula is C13H15ClN2O2. The molecule has 96 valence electrons. The van der Waals surface area contributed by atoms with E-state index in [1.165, 1.54) is 6.07 Å². The van der Waals surface area contributed by atoms with Gasteiger partial charge in [-0.05, 0) is 18.1 Å². The average molecular weight is 267 g/mol. The van der Waals surface area contributed by atoms with E-state index >= 15 is 0 Å². The molecule has 0 unspecified atom stereocenters. The quantitative estimate of drug-likeness (QED) is 0.890. The summed E-state index contributed by atoms with van der Waals surface area (Å²) in [5.41, 5.74) is 0.383. The summed E-state index contributed by atoms with van der Waals surface area (Å²) in [4.78, 5) is 11.4. The van der Waals surface area contributed by atoms with Crippen LogP contribution in [0.1, 0.15) is 19.4 Å². The Hall–Kier alpha value is -1.73. The molecule has 0 aromatic heterocycles. The minimum absolute atomic E-state index is 0.0606. The van der Waals surface area contributed by atoms with E-state index in [0.717, 1.165) is 0 Å². The first-order chi connectivity index (χ1) is 8.52. The molecule has 0 aliphatic heterocycles. The summed E-state index contributed by atoms with van der Waals surface area (Å²) >= 11 is 5.84. The summed E-state index contributed by atoms with van der Waals surface area (Å²) < 4.78 is 5.27. The van der Waals surface area contributed by atoms with E-state index in [1.54, 1.807) is 12.1 Å². The van der Waals surface area contributed by atoms with Crippen molar-refractivity contribution in [2.75, 3.05) is 13.2 Å².